The SMILES string of the molecule is CCNc1ccc(C(=O)NCC(C)C2CC2)c(C)c1. The van der Waals surface area contributed by atoms with E-state index in [1.54, 1.807) is 0 Å². The molecule has 1 aromatic rings. The van der Waals surface area contributed by atoms with E-state index in [1.165, 1.54) is 12.8 Å². The maximum absolute atomic E-state index is 12.2. The van der Waals surface area contributed by atoms with Crippen molar-refractivity contribution in [3.05, 3.63) is 29.3 Å². The highest BCUT2D eigenvalue weighted by molar-refractivity contribution is 5.96. The summed E-state index contributed by atoms with van der Waals surface area (Å²) in [5.74, 6) is 1.48. The second-order valence-corrected chi connectivity index (χ2v) is 5.58. The van der Waals surface area contributed by atoms with Gasteiger partial charge < -0.3 is 10.6 Å². The molecule has 0 aliphatic heterocycles. The molecule has 104 valence electrons. The molecule has 1 atom stereocenters. The van der Waals surface area contributed by atoms with Crippen LogP contribution in [0.1, 0.15) is 42.6 Å². The van der Waals surface area contributed by atoms with Gasteiger partial charge in [-0.1, -0.05) is 6.92 Å². The van der Waals surface area contributed by atoms with E-state index in [4.69, 9.17) is 0 Å². The predicted octanol–water partition coefficient (Wildman–Crippen LogP) is 3.20. The van der Waals surface area contributed by atoms with Crippen molar-refractivity contribution < 1.29 is 4.79 Å². The van der Waals surface area contributed by atoms with Crippen LogP contribution in [0.15, 0.2) is 18.2 Å². The lowest BCUT2D eigenvalue weighted by Gasteiger charge is -2.13. The predicted molar refractivity (Wildman–Crippen MR) is 79.6 cm³/mol. The molecule has 19 heavy (non-hydrogen) atoms. The van der Waals surface area contributed by atoms with E-state index in [9.17, 15) is 4.79 Å². The first kappa shape index (κ1) is 13.9. The number of carbonyl (C=O) groups is 1. The van der Waals surface area contributed by atoms with Gasteiger partial charge in [-0.2, -0.15) is 0 Å². The van der Waals surface area contributed by atoms with Crippen molar-refractivity contribution in [2.75, 3.05) is 18.4 Å². The minimum absolute atomic E-state index is 0.0491. The summed E-state index contributed by atoms with van der Waals surface area (Å²) in [5.41, 5.74) is 2.88. The summed E-state index contributed by atoms with van der Waals surface area (Å²) >= 11 is 0. The van der Waals surface area contributed by atoms with Crippen molar-refractivity contribution in [2.45, 2.75) is 33.6 Å². The van der Waals surface area contributed by atoms with E-state index in [0.717, 1.165) is 35.8 Å². The fourth-order valence-electron chi connectivity index (χ4n) is 2.41. The number of benzene rings is 1. The molecule has 2 rings (SSSR count). The number of anilines is 1. The lowest BCUT2D eigenvalue weighted by molar-refractivity contribution is 0.0946. The molecule has 0 bridgehead atoms. The Morgan fingerprint density at radius 2 is 2.16 bits per heavy atom. The van der Waals surface area contributed by atoms with Gasteiger partial charge in [0.25, 0.3) is 5.91 Å². The van der Waals surface area contributed by atoms with Crippen LogP contribution in [0.25, 0.3) is 0 Å². The molecule has 1 unspecified atom stereocenters. The second kappa shape index (κ2) is 6.09. The van der Waals surface area contributed by atoms with Crippen LogP contribution < -0.4 is 10.6 Å². The van der Waals surface area contributed by atoms with Crippen molar-refractivity contribution >= 4 is 11.6 Å². The maximum Gasteiger partial charge on any atom is 0.251 e. The summed E-state index contributed by atoms with van der Waals surface area (Å²) in [5, 5.41) is 6.31. The van der Waals surface area contributed by atoms with E-state index in [1.807, 2.05) is 25.1 Å². The average molecular weight is 260 g/mol. The number of aryl methyl sites for hydroxylation is 1. The first-order chi connectivity index (χ1) is 9.11. The van der Waals surface area contributed by atoms with Crippen LogP contribution in [0.3, 0.4) is 0 Å². The topological polar surface area (TPSA) is 41.1 Å². The molecule has 3 heteroatoms. The standard InChI is InChI=1S/C16H24N2O/c1-4-17-14-7-8-15(11(2)9-14)16(19)18-10-12(3)13-5-6-13/h7-9,12-13,17H,4-6,10H2,1-3H3,(H,18,19). The Kier molecular flexibility index (Phi) is 4.46. The van der Waals surface area contributed by atoms with Crippen molar-refractivity contribution in [3.63, 3.8) is 0 Å². The van der Waals surface area contributed by atoms with Gasteiger partial charge in [0, 0.05) is 24.3 Å². The third-order valence-electron chi connectivity index (χ3n) is 3.86. The van der Waals surface area contributed by atoms with Crippen molar-refractivity contribution in [3.8, 4) is 0 Å². The molecule has 0 spiro atoms. The number of hydrogen-bond acceptors (Lipinski definition) is 2. The lowest BCUT2D eigenvalue weighted by Crippen LogP contribution is -2.29. The quantitative estimate of drug-likeness (QED) is 0.824. The van der Waals surface area contributed by atoms with E-state index < -0.39 is 0 Å². The van der Waals surface area contributed by atoms with Gasteiger partial charge in [-0.15, -0.1) is 0 Å². The molecule has 2 N–H and O–H groups in total. The largest absolute Gasteiger partial charge is 0.385 e. The average Bonchev–Trinajstić information content (AvgIpc) is 3.20. The molecule has 1 aliphatic carbocycles. The first-order valence-electron chi connectivity index (χ1n) is 7.24. The molecule has 3 nitrogen and oxygen atoms in total. The van der Waals surface area contributed by atoms with Gasteiger partial charge in [0.15, 0.2) is 0 Å². The summed E-state index contributed by atoms with van der Waals surface area (Å²) in [4.78, 5) is 12.2. The van der Waals surface area contributed by atoms with Crippen LogP contribution in [-0.4, -0.2) is 19.0 Å². The molecule has 1 fully saturated rings. The highest BCUT2D eigenvalue weighted by atomic mass is 16.1. The zero-order chi connectivity index (χ0) is 13.8. The van der Waals surface area contributed by atoms with Crippen molar-refractivity contribution in [2.24, 2.45) is 11.8 Å². The van der Waals surface area contributed by atoms with E-state index in [-0.39, 0.29) is 5.91 Å². The van der Waals surface area contributed by atoms with Crippen molar-refractivity contribution in [1.29, 1.82) is 0 Å². The molecule has 1 saturated carbocycles. The van der Waals surface area contributed by atoms with Crippen LogP contribution >= 0.6 is 0 Å². The van der Waals surface area contributed by atoms with Gasteiger partial charge in [-0.25, -0.2) is 0 Å². The second-order valence-electron chi connectivity index (χ2n) is 5.58. The van der Waals surface area contributed by atoms with Crippen LogP contribution in [0.4, 0.5) is 5.69 Å². The Morgan fingerprint density at radius 1 is 1.42 bits per heavy atom. The number of carbonyl (C=O) groups excluding carboxylic acids is 1. The molecule has 1 aliphatic rings. The number of rotatable bonds is 6. The number of hydrogen-bond donors (Lipinski definition) is 2. The molecule has 0 radical (unpaired) electrons. The van der Waals surface area contributed by atoms with Crippen LogP contribution in [0, 0.1) is 18.8 Å². The molecule has 1 aromatic carbocycles. The van der Waals surface area contributed by atoms with Gasteiger partial charge >= 0.3 is 0 Å². The third kappa shape index (κ3) is 3.72. The number of amides is 1. The van der Waals surface area contributed by atoms with Gasteiger partial charge in [-0.05, 0) is 62.3 Å². The van der Waals surface area contributed by atoms with Crippen LogP contribution in [0.5, 0.6) is 0 Å². The van der Waals surface area contributed by atoms with Crippen LogP contribution in [0.2, 0.25) is 0 Å². The van der Waals surface area contributed by atoms with Crippen molar-refractivity contribution in [1.82, 2.24) is 5.32 Å². The molecular weight excluding hydrogens is 236 g/mol. The highest BCUT2D eigenvalue weighted by Gasteiger charge is 2.27. The minimum atomic E-state index is 0.0491. The summed E-state index contributed by atoms with van der Waals surface area (Å²) in [6.45, 7) is 7.95. The Bertz CT molecular complexity index is 452. The smallest absolute Gasteiger partial charge is 0.251 e. The molecule has 0 heterocycles. The Morgan fingerprint density at radius 3 is 2.74 bits per heavy atom. The normalized spacial score (nSPS) is 15.9. The summed E-state index contributed by atoms with van der Waals surface area (Å²) < 4.78 is 0. The third-order valence-corrected chi connectivity index (χ3v) is 3.86. The molecule has 0 saturated heterocycles. The maximum atomic E-state index is 12.2. The van der Waals surface area contributed by atoms with E-state index in [0.29, 0.717) is 5.92 Å². The Labute approximate surface area is 115 Å². The number of nitrogens with one attached hydrogen (secondary N) is 2. The van der Waals surface area contributed by atoms with Crippen LogP contribution in [-0.2, 0) is 0 Å². The zero-order valence-electron chi connectivity index (χ0n) is 12.1. The van der Waals surface area contributed by atoms with Gasteiger partial charge in [-0.3, -0.25) is 4.79 Å². The Balaban J connectivity index is 1.94. The Hall–Kier alpha value is -1.51. The summed E-state index contributed by atoms with van der Waals surface area (Å²) in [6.07, 6.45) is 2.65. The lowest BCUT2D eigenvalue weighted by atomic mass is 10.0. The summed E-state index contributed by atoms with van der Waals surface area (Å²) in [6, 6.07) is 5.91. The van der Waals surface area contributed by atoms with Gasteiger partial charge in [0.2, 0.25) is 0 Å². The molecule has 0 aromatic heterocycles. The van der Waals surface area contributed by atoms with Gasteiger partial charge in [0.1, 0.15) is 0 Å². The van der Waals surface area contributed by atoms with Gasteiger partial charge in [0.05, 0.1) is 0 Å². The fourth-order valence-corrected chi connectivity index (χ4v) is 2.41. The minimum Gasteiger partial charge on any atom is -0.385 e. The van der Waals surface area contributed by atoms with E-state index >= 15 is 0 Å². The van der Waals surface area contributed by atoms with E-state index in [2.05, 4.69) is 24.5 Å². The molecule has 1 amide bonds. The summed E-state index contributed by atoms with van der Waals surface area (Å²) in [7, 11) is 0. The molecular formula is C16H24N2O. The highest BCUT2D eigenvalue weighted by Crippen LogP contribution is 2.36. The fraction of sp³-hybridized carbons (Fsp3) is 0.562. The monoisotopic (exact) mass is 260 g/mol. The zero-order valence-corrected chi connectivity index (χ0v) is 12.1. The first-order valence-corrected chi connectivity index (χ1v) is 7.24.